The van der Waals surface area contributed by atoms with Crippen molar-refractivity contribution in [3.63, 3.8) is 0 Å². The number of anilines is 1. The van der Waals surface area contributed by atoms with Gasteiger partial charge in [-0.15, -0.1) is 0 Å². The lowest BCUT2D eigenvalue weighted by Gasteiger charge is -2.21. The molecule has 0 radical (unpaired) electrons. The molecule has 1 aliphatic heterocycles. The van der Waals surface area contributed by atoms with E-state index in [2.05, 4.69) is 20.2 Å². The molecule has 1 aromatic heterocycles. The molecule has 1 unspecified atom stereocenters. The van der Waals surface area contributed by atoms with Crippen molar-refractivity contribution in [3.8, 4) is 11.3 Å². The fourth-order valence-corrected chi connectivity index (χ4v) is 3.16. The van der Waals surface area contributed by atoms with Gasteiger partial charge in [0.25, 0.3) is 0 Å². The molecule has 0 saturated carbocycles. The Morgan fingerprint density at radius 3 is 2.80 bits per heavy atom. The van der Waals surface area contributed by atoms with E-state index in [-0.39, 0.29) is 17.6 Å². The summed E-state index contributed by atoms with van der Waals surface area (Å²) in [6.45, 7) is 5.22. The van der Waals surface area contributed by atoms with Gasteiger partial charge < -0.3 is 15.3 Å². The van der Waals surface area contributed by atoms with Crippen molar-refractivity contribution in [2.45, 2.75) is 26.3 Å². The lowest BCUT2D eigenvalue weighted by molar-refractivity contribution is -0.119. The molecule has 1 aromatic carbocycles. The van der Waals surface area contributed by atoms with Crippen LogP contribution in [0.15, 0.2) is 30.6 Å². The highest BCUT2D eigenvalue weighted by atomic mass is 16.4. The molecule has 2 aromatic rings. The lowest BCUT2D eigenvalue weighted by atomic mass is 10.1. The number of rotatable bonds is 4. The van der Waals surface area contributed by atoms with Crippen LogP contribution < -0.4 is 10.2 Å². The number of nitrogens with zero attached hydrogens (tertiary/aromatic N) is 3. The SMILES string of the molecule is CC(=O)NC1CCN(c2ccc(-c3cncc(C(=O)O)n3)cc2C)C1. The predicted octanol–water partition coefficient (Wildman–Crippen LogP) is 1.87. The van der Waals surface area contributed by atoms with Crippen molar-refractivity contribution < 1.29 is 14.7 Å². The molecule has 0 bridgehead atoms. The van der Waals surface area contributed by atoms with Gasteiger partial charge in [0.1, 0.15) is 0 Å². The molecule has 0 aliphatic carbocycles. The minimum absolute atomic E-state index is 0.00388. The number of aromatic nitrogens is 2. The Labute approximate surface area is 145 Å². The second-order valence-electron chi connectivity index (χ2n) is 6.23. The Bertz CT molecular complexity index is 822. The van der Waals surface area contributed by atoms with Crippen LogP contribution in [0.4, 0.5) is 5.69 Å². The first kappa shape index (κ1) is 16.9. The Hall–Kier alpha value is -2.96. The maximum Gasteiger partial charge on any atom is 0.356 e. The van der Waals surface area contributed by atoms with Crippen LogP contribution >= 0.6 is 0 Å². The third kappa shape index (κ3) is 3.76. The average Bonchev–Trinajstić information content (AvgIpc) is 3.02. The molecule has 1 atom stereocenters. The number of aromatic carboxylic acids is 1. The topological polar surface area (TPSA) is 95.4 Å². The average molecular weight is 340 g/mol. The zero-order chi connectivity index (χ0) is 18.0. The lowest BCUT2D eigenvalue weighted by Crippen LogP contribution is -2.35. The predicted molar refractivity (Wildman–Crippen MR) is 93.6 cm³/mol. The molecule has 130 valence electrons. The summed E-state index contributed by atoms with van der Waals surface area (Å²) in [4.78, 5) is 32.6. The van der Waals surface area contributed by atoms with Gasteiger partial charge in [-0.3, -0.25) is 9.78 Å². The van der Waals surface area contributed by atoms with Crippen LogP contribution in [0.1, 0.15) is 29.4 Å². The Morgan fingerprint density at radius 1 is 1.32 bits per heavy atom. The summed E-state index contributed by atoms with van der Waals surface area (Å²) in [7, 11) is 0. The van der Waals surface area contributed by atoms with Gasteiger partial charge in [-0.1, -0.05) is 6.07 Å². The van der Waals surface area contributed by atoms with Crippen LogP contribution in [0.5, 0.6) is 0 Å². The number of aryl methyl sites for hydroxylation is 1. The van der Waals surface area contributed by atoms with Gasteiger partial charge in [0.2, 0.25) is 5.91 Å². The van der Waals surface area contributed by atoms with Crippen LogP contribution in [-0.2, 0) is 4.79 Å². The summed E-state index contributed by atoms with van der Waals surface area (Å²) in [5, 5.41) is 12.0. The number of amides is 1. The Morgan fingerprint density at radius 2 is 2.12 bits per heavy atom. The molecular weight excluding hydrogens is 320 g/mol. The largest absolute Gasteiger partial charge is 0.476 e. The molecule has 7 heteroatoms. The summed E-state index contributed by atoms with van der Waals surface area (Å²) in [5.41, 5.74) is 3.47. The minimum atomic E-state index is -1.09. The summed E-state index contributed by atoms with van der Waals surface area (Å²) in [6.07, 6.45) is 3.72. The number of carboxylic acid groups (broad SMARTS) is 1. The first-order valence-corrected chi connectivity index (χ1v) is 8.12. The molecule has 2 heterocycles. The second-order valence-corrected chi connectivity index (χ2v) is 6.23. The first-order valence-electron chi connectivity index (χ1n) is 8.12. The van der Waals surface area contributed by atoms with E-state index >= 15 is 0 Å². The van der Waals surface area contributed by atoms with E-state index in [0.29, 0.717) is 5.69 Å². The van der Waals surface area contributed by atoms with Crippen molar-refractivity contribution in [2.75, 3.05) is 18.0 Å². The number of nitrogens with one attached hydrogen (secondary N) is 1. The highest BCUT2D eigenvalue weighted by Gasteiger charge is 2.24. The van der Waals surface area contributed by atoms with E-state index in [4.69, 9.17) is 5.11 Å². The smallest absolute Gasteiger partial charge is 0.356 e. The van der Waals surface area contributed by atoms with Crippen molar-refractivity contribution in [3.05, 3.63) is 41.9 Å². The van der Waals surface area contributed by atoms with E-state index in [9.17, 15) is 9.59 Å². The molecule has 1 fully saturated rings. The van der Waals surface area contributed by atoms with Crippen molar-refractivity contribution >= 4 is 17.6 Å². The fraction of sp³-hybridized carbons (Fsp3) is 0.333. The third-order valence-electron chi connectivity index (χ3n) is 4.28. The molecule has 25 heavy (non-hydrogen) atoms. The Balaban J connectivity index is 1.81. The van der Waals surface area contributed by atoms with Gasteiger partial charge in [0, 0.05) is 37.3 Å². The van der Waals surface area contributed by atoms with E-state index in [1.165, 1.54) is 13.1 Å². The summed E-state index contributed by atoms with van der Waals surface area (Å²) in [6, 6.07) is 6.09. The van der Waals surface area contributed by atoms with Gasteiger partial charge in [-0.25, -0.2) is 9.78 Å². The normalized spacial score (nSPS) is 16.7. The standard InChI is InChI=1S/C18H20N4O3/c1-11-7-13(15-8-19-9-16(21-15)18(24)25)3-4-17(11)22-6-5-14(10-22)20-12(2)23/h3-4,7-9,14H,5-6,10H2,1-2H3,(H,20,23)(H,24,25). The van der Waals surface area contributed by atoms with Crippen molar-refractivity contribution in [2.24, 2.45) is 0 Å². The van der Waals surface area contributed by atoms with Crippen LogP contribution in [0.3, 0.4) is 0 Å². The van der Waals surface area contributed by atoms with Crippen molar-refractivity contribution in [1.82, 2.24) is 15.3 Å². The number of benzene rings is 1. The Kier molecular flexibility index (Phi) is 4.65. The molecule has 1 saturated heterocycles. The molecule has 3 rings (SSSR count). The van der Waals surface area contributed by atoms with Gasteiger partial charge >= 0.3 is 5.97 Å². The first-order chi connectivity index (χ1) is 11.9. The van der Waals surface area contributed by atoms with Crippen molar-refractivity contribution in [1.29, 1.82) is 0 Å². The molecule has 7 nitrogen and oxygen atoms in total. The fourth-order valence-electron chi connectivity index (χ4n) is 3.16. The number of hydrogen-bond acceptors (Lipinski definition) is 5. The quantitative estimate of drug-likeness (QED) is 0.882. The van der Waals surface area contributed by atoms with E-state index in [0.717, 1.165) is 36.3 Å². The van der Waals surface area contributed by atoms with Crippen LogP contribution in [0.2, 0.25) is 0 Å². The molecule has 1 amide bonds. The zero-order valence-corrected chi connectivity index (χ0v) is 14.2. The highest BCUT2D eigenvalue weighted by Crippen LogP contribution is 2.28. The molecule has 0 spiro atoms. The zero-order valence-electron chi connectivity index (χ0n) is 14.2. The van der Waals surface area contributed by atoms with Crippen LogP contribution in [0, 0.1) is 6.92 Å². The third-order valence-corrected chi connectivity index (χ3v) is 4.28. The summed E-state index contributed by atoms with van der Waals surface area (Å²) >= 11 is 0. The molecule has 2 N–H and O–H groups in total. The maximum absolute atomic E-state index is 11.2. The number of carbonyl (C=O) groups is 2. The van der Waals surface area contributed by atoms with Gasteiger partial charge in [0.15, 0.2) is 5.69 Å². The summed E-state index contributed by atoms with van der Waals surface area (Å²) < 4.78 is 0. The second kappa shape index (κ2) is 6.88. The maximum atomic E-state index is 11.2. The monoisotopic (exact) mass is 340 g/mol. The van der Waals surface area contributed by atoms with E-state index < -0.39 is 5.97 Å². The van der Waals surface area contributed by atoms with E-state index in [1.54, 1.807) is 6.20 Å². The summed E-state index contributed by atoms with van der Waals surface area (Å²) in [5.74, 6) is -1.10. The van der Waals surface area contributed by atoms with Crippen LogP contribution in [-0.4, -0.2) is 46.1 Å². The number of carboxylic acids is 1. The van der Waals surface area contributed by atoms with Gasteiger partial charge in [-0.2, -0.15) is 0 Å². The van der Waals surface area contributed by atoms with Gasteiger partial charge in [0.05, 0.1) is 18.1 Å². The minimum Gasteiger partial charge on any atom is -0.476 e. The number of carbonyl (C=O) groups excluding carboxylic acids is 1. The van der Waals surface area contributed by atoms with Crippen LogP contribution in [0.25, 0.3) is 11.3 Å². The van der Waals surface area contributed by atoms with Gasteiger partial charge in [-0.05, 0) is 31.0 Å². The number of hydrogen-bond donors (Lipinski definition) is 2. The molecule has 1 aliphatic rings. The van der Waals surface area contributed by atoms with E-state index in [1.807, 2.05) is 25.1 Å². The molecular formula is C18H20N4O3. The highest BCUT2D eigenvalue weighted by molar-refractivity contribution is 5.85.